The first-order chi connectivity index (χ1) is 14.2. The Bertz CT molecular complexity index is 620. The average Bonchev–Trinajstić information content (AvgIpc) is 3.04. The second kappa shape index (κ2) is 11.5. The van der Waals surface area contributed by atoms with Crippen molar-refractivity contribution in [3.63, 3.8) is 0 Å². The number of unbranched alkanes of at least 4 members (excludes halogenated alkanes) is 1. The molecule has 0 aromatic carbocycles. The number of carboxylic acid groups (broad SMARTS) is 2. The lowest BCUT2D eigenvalue weighted by molar-refractivity contribution is -0.409. The van der Waals surface area contributed by atoms with Crippen LogP contribution >= 0.6 is 0 Å². The summed E-state index contributed by atoms with van der Waals surface area (Å²) in [5.74, 6) is -1.04. The number of fused-ring (bicyclic) bond motifs is 1. The third kappa shape index (κ3) is 7.15. The fourth-order valence-corrected chi connectivity index (χ4v) is 3.68. The number of aliphatic hydroxyl groups is 2. The van der Waals surface area contributed by atoms with Gasteiger partial charge in [0.15, 0.2) is 18.4 Å². The van der Waals surface area contributed by atoms with Crippen LogP contribution in [0, 0.1) is 0 Å². The van der Waals surface area contributed by atoms with Crippen molar-refractivity contribution in [1.82, 2.24) is 15.5 Å². The molecule has 2 heterocycles. The largest absolute Gasteiger partial charge is 0.477 e. The molecule has 0 aromatic heterocycles. The maximum Gasteiger partial charge on any atom is 0.362 e. The van der Waals surface area contributed by atoms with Gasteiger partial charge < -0.3 is 36.8 Å². The number of β-amino-alcohol motifs (C(OH)–C–C–N with tert-alkyl or cyclic N) is 1. The van der Waals surface area contributed by atoms with Crippen molar-refractivity contribution in [1.29, 1.82) is 0 Å². The summed E-state index contributed by atoms with van der Waals surface area (Å²) in [5, 5.41) is 44.8. The molecule has 12 nitrogen and oxygen atoms in total. The number of amidine groups is 1. The number of carboxylic acids is 2. The van der Waals surface area contributed by atoms with Crippen molar-refractivity contribution in [3.8, 4) is 0 Å². The maximum absolute atomic E-state index is 10.9. The molecule has 1 fully saturated rings. The fourth-order valence-electron chi connectivity index (χ4n) is 3.68. The molecule has 1 unspecified atom stereocenters. The predicted molar refractivity (Wildman–Crippen MR) is 106 cm³/mol. The molecule has 2 aliphatic heterocycles. The van der Waals surface area contributed by atoms with Gasteiger partial charge in [0.05, 0.1) is 18.2 Å². The zero-order valence-corrected chi connectivity index (χ0v) is 17.2. The lowest BCUT2D eigenvalue weighted by atomic mass is 10.1. The highest BCUT2D eigenvalue weighted by Gasteiger charge is 2.38. The summed E-state index contributed by atoms with van der Waals surface area (Å²) in [7, 11) is 0. The molecular formula is C18H36N6O6+2. The van der Waals surface area contributed by atoms with E-state index in [2.05, 4.69) is 27.1 Å². The Kier molecular flexibility index (Phi) is 9.39. The number of rotatable bonds is 12. The van der Waals surface area contributed by atoms with E-state index in [0.29, 0.717) is 45.2 Å². The highest BCUT2D eigenvalue weighted by molar-refractivity contribution is 5.89. The monoisotopic (exact) mass is 432 g/mol. The van der Waals surface area contributed by atoms with Crippen molar-refractivity contribution in [2.45, 2.75) is 75.1 Å². The smallest absolute Gasteiger partial charge is 0.362 e. The van der Waals surface area contributed by atoms with Gasteiger partial charge in [0.25, 0.3) is 0 Å². The molecule has 6 atom stereocenters. The standard InChI is InChI=1S/C18H34N6O6/c19-10(16(27)28)4-1-2-7-24-9-14(26)13(25)8-12-15(24)23-18(22-12)21-6-3-5-11(20)17(29)30/h10-14,18,21-22,25-26H,1-9,19-20H2,(H,27,28)(H,29,30)/p+2/t10-,11-,12+,13-,14+,18?/m0/s1. The van der Waals surface area contributed by atoms with E-state index < -0.39 is 36.2 Å². The van der Waals surface area contributed by atoms with Crippen molar-refractivity contribution in [2.24, 2.45) is 4.99 Å². The Balaban J connectivity index is 1.88. The number of aliphatic imine (C=N–C) groups is 1. The van der Waals surface area contributed by atoms with E-state index in [4.69, 9.17) is 10.2 Å². The van der Waals surface area contributed by atoms with Crippen LogP contribution in [0.1, 0.15) is 38.5 Å². The molecular weight excluding hydrogens is 396 g/mol. The second-order valence-corrected chi connectivity index (χ2v) is 8.09. The van der Waals surface area contributed by atoms with Gasteiger partial charge in [-0.05, 0) is 32.2 Å². The van der Waals surface area contributed by atoms with Crippen LogP contribution in [0.4, 0.5) is 0 Å². The van der Waals surface area contributed by atoms with Crippen molar-refractivity contribution in [2.75, 3.05) is 19.6 Å². The molecule has 0 aromatic rings. The number of carbonyl (C=O) groups is 2. The molecule has 1 saturated heterocycles. The third-order valence-corrected chi connectivity index (χ3v) is 5.58. The first-order valence-electron chi connectivity index (χ1n) is 10.5. The number of hydrogen-bond donors (Lipinski definition) is 8. The number of aliphatic carboxylic acids is 2. The highest BCUT2D eigenvalue weighted by Crippen LogP contribution is 2.20. The number of nitrogens with one attached hydrogen (secondary N) is 2. The van der Waals surface area contributed by atoms with Crippen LogP contribution in [0.2, 0.25) is 0 Å². The Morgan fingerprint density at radius 3 is 2.37 bits per heavy atom. The summed E-state index contributed by atoms with van der Waals surface area (Å²) < 4.78 is 0. The molecule has 0 radical (unpaired) electrons. The lowest BCUT2D eigenvalue weighted by Crippen LogP contribution is -2.65. The first kappa shape index (κ1) is 24.4. The average molecular weight is 433 g/mol. The van der Waals surface area contributed by atoms with Crippen LogP contribution in [0.3, 0.4) is 0 Å². The number of quaternary nitrogens is 2. The summed E-state index contributed by atoms with van der Waals surface area (Å²) in [5.41, 5.74) is 7.21. The van der Waals surface area contributed by atoms with Gasteiger partial charge in [-0.15, -0.1) is 0 Å². The van der Waals surface area contributed by atoms with Crippen LogP contribution in [0.15, 0.2) is 4.99 Å². The van der Waals surface area contributed by atoms with Gasteiger partial charge in [-0.2, -0.15) is 0 Å². The zero-order chi connectivity index (χ0) is 22.3. The van der Waals surface area contributed by atoms with E-state index in [0.717, 1.165) is 12.3 Å². The minimum absolute atomic E-state index is 0.200. The lowest BCUT2D eigenvalue weighted by Gasteiger charge is -2.26. The van der Waals surface area contributed by atoms with Gasteiger partial charge in [0, 0.05) is 25.9 Å². The van der Waals surface area contributed by atoms with Gasteiger partial charge in [-0.3, -0.25) is 10.6 Å². The summed E-state index contributed by atoms with van der Waals surface area (Å²) in [6.07, 6.45) is 1.27. The van der Waals surface area contributed by atoms with E-state index in [1.54, 1.807) is 0 Å². The van der Waals surface area contributed by atoms with Crippen molar-refractivity contribution < 1.29 is 41.5 Å². The molecule has 30 heavy (non-hydrogen) atoms. The Morgan fingerprint density at radius 2 is 1.73 bits per heavy atom. The summed E-state index contributed by atoms with van der Waals surface area (Å²) >= 11 is 0. The van der Waals surface area contributed by atoms with Crippen LogP contribution in [0.25, 0.3) is 0 Å². The molecule has 0 amide bonds. The SMILES string of the molecule is [NH3+][C@@H](CCCCN1C[C@@H](O)[C@@H](O)C[C@H]2NC(NCCC[C@H]([NH3+])C(=O)O)N=C21)C(=O)O. The Labute approximate surface area is 175 Å². The van der Waals surface area contributed by atoms with E-state index in [1.807, 2.05) is 4.90 Å². The highest BCUT2D eigenvalue weighted by atomic mass is 16.4. The van der Waals surface area contributed by atoms with Gasteiger partial charge in [0.2, 0.25) is 0 Å². The zero-order valence-electron chi connectivity index (χ0n) is 17.2. The number of aliphatic hydroxyl groups excluding tert-OH is 2. The minimum Gasteiger partial charge on any atom is -0.477 e. The molecule has 0 aliphatic carbocycles. The second-order valence-electron chi connectivity index (χ2n) is 8.09. The van der Waals surface area contributed by atoms with Crippen LogP contribution in [-0.4, -0.2) is 99.4 Å². The predicted octanol–water partition coefficient (Wildman–Crippen LogP) is -4.00. The van der Waals surface area contributed by atoms with Crippen LogP contribution < -0.4 is 22.1 Å². The summed E-state index contributed by atoms with van der Waals surface area (Å²) in [4.78, 5) is 28.3. The third-order valence-electron chi connectivity index (χ3n) is 5.58. The molecule has 0 saturated carbocycles. The van der Waals surface area contributed by atoms with Crippen LogP contribution in [0.5, 0.6) is 0 Å². The summed E-state index contributed by atoms with van der Waals surface area (Å²) in [6, 6.07) is -1.46. The molecule has 12 N–H and O–H groups in total. The quantitative estimate of drug-likeness (QED) is 0.141. The van der Waals surface area contributed by atoms with E-state index >= 15 is 0 Å². The topological polar surface area (TPSA) is 210 Å². The molecule has 12 heteroatoms. The number of likely N-dealkylation sites (tertiary alicyclic amines) is 1. The normalized spacial score (nSPS) is 28.4. The van der Waals surface area contributed by atoms with E-state index in [1.165, 1.54) is 0 Å². The fraction of sp³-hybridized carbons (Fsp3) is 0.833. The van der Waals surface area contributed by atoms with Gasteiger partial charge in [0.1, 0.15) is 5.84 Å². The minimum atomic E-state index is -0.909. The Morgan fingerprint density at radius 1 is 1.10 bits per heavy atom. The van der Waals surface area contributed by atoms with Gasteiger partial charge in [-0.25, -0.2) is 14.6 Å². The molecule has 0 spiro atoms. The molecule has 2 rings (SSSR count). The number of nitrogens with zero attached hydrogens (tertiary/aromatic N) is 2. The molecule has 172 valence electrons. The number of hydrogen-bond acceptors (Lipinski definition) is 8. The van der Waals surface area contributed by atoms with E-state index in [-0.39, 0.29) is 18.9 Å². The first-order valence-corrected chi connectivity index (χ1v) is 10.5. The van der Waals surface area contributed by atoms with E-state index in [9.17, 15) is 19.8 Å². The van der Waals surface area contributed by atoms with Gasteiger partial charge in [-0.1, -0.05) is 0 Å². The Hall–Kier alpha value is -1.83. The van der Waals surface area contributed by atoms with Crippen molar-refractivity contribution in [3.05, 3.63) is 0 Å². The maximum atomic E-state index is 10.9. The van der Waals surface area contributed by atoms with Gasteiger partial charge >= 0.3 is 11.9 Å². The molecule has 0 bridgehead atoms. The summed E-state index contributed by atoms with van der Waals surface area (Å²) in [6.45, 7) is 1.44. The van der Waals surface area contributed by atoms with Crippen molar-refractivity contribution >= 4 is 17.8 Å². The molecule has 2 aliphatic rings. The van der Waals surface area contributed by atoms with Crippen LogP contribution in [-0.2, 0) is 9.59 Å².